The summed E-state index contributed by atoms with van der Waals surface area (Å²) in [4.78, 5) is 35.2. The number of primary amides is 1. The highest BCUT2D eigenvalue weighted by Gasteiger charge is 2.37. The predicted octanol–water partition coefficient (Wildman–Crippen LogP) is -0.469. The number of rotatable bonds is 7. The Morgan fingerprint density at radius 3 is 1.95 bits per heavy atom. The van der Waals surface area contributed by atoms with Gasteiger partial charge in [-0.3, -0.25) is 19.6 Å². The molecular formula is C14H27N3O5. The number of nitrogens with one attached hydrogen (secondary N) is 2. The summed E-state index contributed by atoms with van der Waals surface area (Å²) in [5, 5.41) is 21.0. The van der Waals surface area contributed by atoms with Crippen molar-refractivity contribution in [1.82, 2.24) is 10.8 Å². The number of nitrogens with two attached hydrogens (primary N) is 1. The summed E-state index contributed by atoms with van der Waals surface area (Å²) >= 11 is 0. The molecule has 128 valence electrons. The fourth-order valence-electron chi connectivity index (χ4n) is 2.10. The molecule has 0 heterocycles. The average Bonchev–Trinajstić information content (AvgIpc) is 2.38. The minimum Gasteiger partial charge on any atom is -0.382 e. The van der Waals surface area contributed by atoms with Gasteiger partial charge in [-0.1, -0.05) is 34.6 Å². The van der Waals surface area contributed by atoms with Crippen LogP contribution in [0, 0.1) is 17.3 Å². The van der Waals surface area contributed by atoms with Crippen LogP contribution in [0.4, 0.5) is 0 Å². The Morgan fingerprint density at radius 2 is 1.64 bits per heavy atom. The van der Waals surface area contributed by atoms with Crippen molar-refractivity contribution in [1.29, 1.82) is 0 Å². The highest BCUT2D eigenvalue weighted by atomic mass is 16.5. The van der Waals surface area contributed by atoms with E-state index in [0.29, 0.717) is 0 Å². The molecule has 0 saturated heterocycles. The van der Waals surface area contributed by atoms with E-state index in [-0.39, 0.29) is 12.3 Å². The molecule has 0 aromatic heterocycles. The number of carbonyl (C=O) groups is 3. The highest BCUT2D eigenvalue weighted by Crippen LogP contribution is 2.22. The lowest BCUT2D eigenvalue weighted by Crippen LogP contribution is -2.55. The highest BCUT2D eigenvalue weighted by molar-refractivity contribution is 5.92. The van der Waals surface area contributed by atoms with Crippen molar-refractivity contribution in [3.8, 4) is 0 Å². The molecule has 0 saturated carbocycles. The molecule has 0 aliphatic rings. The summed E-state index contributed by atoms with van der Waals surface area (Å²) in [6.07, 6.45) is -1.52. The normalized spacial score (nSPS) is 15.8. The van der Waals surface area contributed by atoms with E-state index in [0.717, 1.165) is 0 Å². The molecule has 0 rings (SSSR count). The first-order chi connectivity index (χ1) is 9.91. The van der Waals surface area contributed by atoms with E-state index in [1.165, 1.54) is 5.48 Å². The first kappa shape index (κ1) is 20.3. The minimum atomic E-state index is -1.72. The molecule has 8 nitrogen and oxygen atoms in total. The third kappa shape index (κ3) is 5.98. The quantitative estimate of drug-likeness (QED) is 0.319. The molecule has 0 radical (unpaired) electrons. The molecule has 0 aromatic carbocycles. The molecule has 0 aliphatic heterocycles. The van der Waals surface area contributed by atoms with Gasteiger partial charge < -0.3 is 16.2 Å². The van der Waals surface area contributed by atoms with Crippen LogP contribution in [0.5, 0.6) is 0 Å². The van der Waals surface area contributed by atoms with Crippen molar-refractivity contribution < 1.29 is 24.7 Å². The van der Waals surface area contributed by atoms with Crippen LogP contribution in [-0.2, 0) is 14.4 Å². The molecule has 22 heavy (non-hydrogen) atoms. The molecule has 0 fully saturated rings. The van der Waals surface area contributed by atoms with Crippen molar-refractivity contribution in [3.05, 3.63) is 0 Å². The van der Waals surface area contributed by atoms with E-state index < -0.39 is 41.2 Å². The van der Waals surface area contributed by atoms with Gasteiger partial charge in [0.25, 0.3) is 5.91 Å². The standard InChI is InChI=1S/C14H27N3O5/c1-7(2)6-8(9(18)13(21)17-22)12(20)16-10(11(15)19)14(3,4)5/h7-10,18,22H,6H2,1-5H3,(H2,15,19)(H,16,20)(H,17,21)/t8?,9-,10+/m0/s1. The second-order valence-electron chi connectivity index (χ2n) is 6.87. The van der Waals surface area contributed by atoms with Crippen LogP contribution in [0.2, 0.25) is 0 Å². The van der Waals surface area contributed by atoms with Gasteiger partial charge in [0.1, 0.15) is 12.1 Å². The van der Waals surface area contributed by atoms with Crippen LogP contribution in [-0.4, -0.2) is 40.2 Å². The summed E-state index contributed by atoms with van der Waals surface area (Å²) in [6.45, 7) is 8.84. The Kier molecular flexibility index (Phi) is 7.48. The molecule has 0 aliphatic carbocycles. The van der Waals surface area contributed by atoms with Crippen molar-refractivity contribution in [2.24, 2.45) is 23.0 Å². The number of carbonyl (C=O) groups excluding carboxylic acids is 3. The Morgan fingerprint density at radius 1 is 1.14 bits per heavy atom. The number of hydroxylamine groups is 1. The summed E-state index contributed by atoms with van der Waals surface area (Å²) in [5.74, 6) is -3.53. The van der Waals surface area contributed by atoms with Crippen molar-refractivity contribution >= 4 is 17.7 Å². The number of aliphatic hydroxyl groups excluding tert-OH is 1. The van der Waals surface area contributed by atoms with Crippen LogP contribution in [0.1, 0.15) is 41.0 Å². The third-order valence-electron chi connectivity index (χ3n) is 3.26. The third-order valence-corrected chi connectivity index (χ3v) is 3.26. The zero-order chi connectivity index (χ0) is 17.7. The van der Waals surface area contributed by atoms with E-state index in [4.69, 9.17) is 10.9 Å². The van der Waals surface area contributed by atoms with Crippen molar-refractivity contribution in [2.75, 3.05) is 0 Å². The Balaban J connectivity index is 5.27. The molecule has 8 heteroatoms. The maximum Gasteiger partial charge on any atom is 0.272 e. The first-order valence-corrected chi connectivity index (χ1v) is 7.13. The van der Waals surface area contributed by atoms with Gasteiger partial charge in [0.15, 0.2) is 0 Å². The second-order valence-corrected chi connectivity index (χ2v) is 6.87. The molecule has 1 unspecified atom stereocenters. The van der Waals surface area contributed by atoms with Gasteiger partial charge in [-0.15, -0.1) is 0 Å². The van der Waals surface area contributed by atoms with Crippen LogP contribution in [0.15, 0.2) is 0 Å². The zero-order valence-corrected chi connectivity index (χ0v) is 13.7. The molecular weight excluding hydrogens is 290 g/mol. The Bertz CT molecular complexity index is 417. The number of amides is 3. The first-order valence-electron chi connectivity index (χ1n) is 7.13. The predicted molar refractivity (Wildman–Crippen MR) is 79.5 cm³/mol. The number of aliphatic hydroxyl groups is 1. The van der Waals surface area contributed by atoms with Crippen molar-refractivity contribution in [3.63, 3.8) is 0 Å². The zero-order valence-electron chi connectivity index (χ0n) is 13.7. The van der Waals surface area contributed by atoms with Gasteiger partial charge in [-0.2, -0.15) is 0 Å². The van der Waals surface area contributed by atoms with Crippen molar-refractivity contribution in [2.45, 2.75) is 53.2 Å². The molecule has 3 amide bonds. The summed E-state index contributed by atoms with van der Waals surface area (Å²) in [7, 11) is 0. The smallest absolute Gasteiger partial charge is 0.272 e. The van der Waals surface area contributed by atoms with Gasteiger partial charge in [0, 0.05) is 0 Å². The molecule has 0 bridgehead atoms. The fraction of sp³-hybridized carbons (Fsp3) is 0.786. The summed E-state index contributed by atoms with van der Waals surface area (Å²) < 4.78 is 0. The maximum absolute atomic E-state index is 12.4. The Hall–Kier alpha value is -1.67. The molecule has 0 aromatic rings. The van der Waals surface area contributed by atoms with E-state index in [9.17, 15) is 19.5 Å². The number of hydrogen-bond acceptors (Lipinski definition) is 5. The largest absolute Gasteiger partial charge is 0.382 e. The van der Waals surface area contributed by atoms with E-state index in [1.54, 1.807) is 20.8 Å². The van der Waals surface area contributed by atoms with E-state index in [1.807, 2.05) is 13.8 Å². The fourth-order valence-corrected chi connectivity index (χ4v) is 2.10. The van der Waals surface area contributed by atoms with Gasteiger partial charge in [0.05, 0.1) is 5.92 Å². The number of hydrogen-bond donors (Lipinski definition) is 5. The van der Waals surface area contributed by atoms with E-state index in [2.05, 4.69) is 5.32 Å². The molecule has 6 N–H and O–H groups in total. The summed E-state index contributed by atoms with van der Waals surface area (Å²) in [6, 6.07) is -0.945. The van der Waals surface area contributed by atoms with Gasteiger partial charge in [0.2, 0.25) is 11.8 Å². The maximum atomic E-state index is 12.4. The Labute approximate surface area is 130 Å². The van der Waals surface area contributed by atoms with E-state index >= 15 is 0 Å². The minimum absolute atomic E-state index is 0.0126. The summed E-state index contributed by atoms with van der Waals surface area (Å²) in [5.41, 5.74) is 6.00. The van der Waals surface area contributed by atoms with Crippen LogP contribution < -0.4 is 16.5 Å². The molecule has 3 atom stereocenters. The van der Waals surface area contributed by atoms with Gasteiger partial charge >= 0.3 is 0 Å². The van der Waals surface area contributed by atoms with Crippen LogP contribution in [0.25, 0.3) is 0 Å². The average molecular weight is 317 g/mol. The SMILES string of the molecule is CC(C)CC(C(=O)N[C@H](C(N)=O)C(C)(C)C)[C@H](O)C(=O)NO. The van der Waals surface area contributed by atoms with Crippen LogP contribution in [0.3, 0.4) is 0 Å². The lowest BCUT2D eigenvalue weighted by molar-refractivity contribution is -0.147. The topological polar surface area (TPSA) is 142 Å². The lowest BCUT2D eigenvalue weighted by Gasteiger charge is -2.31. The van der Waals surface area contributed by atoms with Crippen LogP contribution >= 0.6 is 0 Å². The monoisotopic (exact) mass is 317 g/mol. The van der Waals surface area contributed by atoms with Gasteiger partial charge in [-0.05, 0) is 17.8 Å². The van der Waals surface area contributed by atoms with Gasteiger partial charge in [-0.25, -0.2) is 5.48 Å². The second kappa shape index (κ2) is 8.09. The lowest BCUT2D eigenvalue weighted by atomic mass is 9.84. The molecule has 0 spiro atoms.